The number of aliphatic hydroxyl groups excluding tert-OH is 1. The summed E-state index contributed by atoms with van der Waals surface area (Å²) >= 11 is 0. The second-order valence-corrected chi connectivity index (χ2v) is 3.16. The Morgan fingerprint density at radius 1 is 1.55 bits per heavy atom. The number of carbonyl (C=O) groups is 1. The van der Waals surface area contributed by atoms with Gasteiger partial charge in [0.25, 0.3) is 0 Å². The van der Waals surface area contributed by atoms with Gasteiger partial charge in [-0.05, 0) is 12.3 Å². The predicted molar refractivity (Wildman–Crippen MR) is 44.1 cm³/mol. The summed E-state index contributed by atoms with van der Waals surface area (Å²) in [5.74, 6) is 0.341. The molecule has 0 heterocycles. The number of amides is 1. The van der Waals surface area contributed by atoms with Crippen molar-refractivity contribution in [2.24, 2.45) is 5.92 Å². The zero-order chi connectivity index (χ0) is 8.85. The monoisotopic (exact) mass is 159 g/mol. The van der Waals surface area contributed by atoms with E-state index in [9.17, 15) is 9.90 Å². The highest BCUT2D eigenvalue weighted by molar-refractivity contribution is 5.75. The zero-order valence-corrected chi connectivity index (χ0v) is 7.42. The molecule has 3 nitrogen and oxygen atoms in total. The summed E-state index contributed by atoms with van der Waals surface area (Å²) in [7, 11) is 1.57. The highest BCUT2D eigenvalue weighted by atomic mass is 16.3. The van der Waals surface area contributed by atoms with E-state index in [-0.39, 0.29) is 12.3 Å². The van der Waals surface area contributed by atoms with E-state index in [2.05, 4.69) is 5.32 Å². The summed E-state index contributed by atoms with van der Waals surface area (Å²) in [6.45, 7) is 4.04. The van der Waals surface area contributed by atoms with E-state index in [4.69, 9.17) is 0 Å². The van der Waals surface area contributed by atoms with Crippen LogP contribution in [0.25, 0.3) is 0 Å². The Morgan fingerprint density at radius 3 is 2.45 bits per heavy atom. The van der Waals surface area contributed by atoms with Crippen LogP contribution in [0.15, 0.2) is 0 Å². The molecular formula is C8H17NO2. The minimum Gasteiger partial charge on any atom is -0.393 e. The van der Waals surface area contributed by atoms with Crippen LogP contribution in [0.3, 0.4) is 0 Å². The lowest BCUT2D eigenvalue weighted by atomic mass is 10.0. The summed E-state index contributed by atoms with van der Waals surface area (Å²) < 4.78 is 0. The summed E-state index contributed by atoms with van der Waals surface area (Å²) in [6.07, 6.45) is 0.414. The first-order valence-electron chi connectivity index (χ1n) is 3.95. The van der Waals surface area contributed by atoms with Crippen LogP contribution >= 0.6 is 0 Å². The van der Waals surface area contributed by atoms with Crippen molar-refractivity contribution in [3.63, 3.8) is 0 Å². The molecular weight excluding hydrogens is 142 g/mol. The molecule has 0 rings (SSSR count). The molecule has 1 atom stereocenters. The fourth-order valence-corrected chi connectivity index (χ4v) is 0.944. The fraction of sp³-hybridized carbons (Fsp3) is 0.875. The Labute approximate surface area is 67.8 Å². The number of nitrogens with one attached hydrogen (secondary N) is 1. The average molecular weight is 159 g/mol. The van der Waals surface area contributed by atoms with Crippen molar-refractivity contribution in [3.8, 4) is 0 Å². The van der Waals surface area contributed by atoms with Crippen LogP contribution in [0.5, 0.6) is 0 Å². The highest BCUT2D eigenvalue weighted by Crippen LogP contribution is 2.06. The van der Waals surface area contributed by atoms with E-state index < -0.39 is 6.10 Å². The third-order valence-corrected chi connectivity index (χ3v) is 1.44. The van der Waals surface area contributed by atoms with E-state index in [0.29, 0.717) is 12.3 Å². The second-order valence-electron chi connectivity index (χ2n) is 3.16. The Bertz CT molecular complexity index is 123. The molecule has 11 heavy (non-hydrogen) atoms. The van der Waals surface area contributed by atoms with Crippen LogP contribution in [-0.4, -0.2) is 24.2 Å². The van der Waals surface area contributed by atoms with Gasteiger partial charge in [-0.25, -0.2) is 0 Å². The van der Waals surface area contributed by atoms with Gasteiger partial charge < -0.3 is 10.4 Å². The minimum absolute atomic E-state index is 0.0989. The first-order valence-corrected chi connectivity index (χ1v) is 3.95. The number of aliphatic hydroxyl groups is 1. The second kappa shape index (κ2) is 5.13. The van der Waals surface area contributed by atoms with Crippen molar-refractivity contribution in [2.45, 2.75) is 32.8 Å². The van der Waals surface area contributed by atoms with Gasteiger partial charge >= 0.3 is 0 Å². The van der Waals surface area contributed by atoms with Crippen molar-refractivity contribution in [2.75, 3.05) is 7.05 Å². The van der Waals surface area contributed by atoms with Crippen molar-refractivity contribution >= 4 is 5.91 Å². The van der Waals surface area contributed by atoms with Gasteiger partial charge in [-0.2, -0.15) is 0 Å². The lowest BCUT2D eigenvalue weighted by Crippen LogP contribution is -2.24. The van der Waals surface area contributed by atoms with Gasteiger partial charge in [0.1, 0.15) is 0 Å². The summed E-state index contributed by atoms with van der Waals surface area (Å²) in [6, 6.07) is 0. The van der Waals surface area contributed by atoms with Crippen molar-refractivity contribution < 1.29 is 9.90 Å². The molecule has 0 aromatic rings. The molecule has 0 spiro atoms. The number of hydrogen-bond donors (Lipinski definition) is 2. The van der Waals surface area contributed by atoms with Crippen LogP contribution in [0.2, 0.25) is 0 Å². The van der Waals surface area contributed by atoms with Gasteiger partial charge in [-0.3, -0.25) is 4.79 Å². The van der Waals surface area contributed by atoms with E-state index in [1.165, 1.54) is 0 Å². The van der Waals surface area contributed by atoms with Crippen molar-refractivity contribution in [3.05, 3.63) is 0 Å². The molecule has 0 radical (unpaired) electrons. The molecule has 1 unspecified atom stereocenters. The van der Waals surface area contributed by atoms with Gasteiger partial charge in [0.15, 0.2) is 0 Å². The summed E-state index contributed by atoms with van der Waals surface area (Å²) in [5.41, 5.74) is 0. The third kappa shape index (κ3) is 5.85. The standard InChI is InChI=1S/C8H17NO2/c1-6(2)4-7(10)5-8(11)9-3/h6-7,10H,4-5H2,1-3H3,(H,9,11). The largest absolute Gasteiger partial charge is 0.393 e. The molecule has 3 heteroatoms. The third-order valence-electron chi connectivity index (χ3n) is 1.44. The summed E-state index contributed by atoms with van der Waals surface area (Å²) in [5, 5.41) is 11.7. The molecule has 0 saturated carbocycles. The van der Waals surface area contributed by atoms with E-state index in [1.54, 1.807) is 7.05 Å². The van der Waals surface area contributed by atoms with Gasteiger partial charge in [0, 0.05) is 7.05 Å². The Morgan fingerprint density at radius 2 is 2.09 bits per heavy atom. The lowest BCUT2D eigenvalue weighted by molar-refractivity contribution is -0.122. The van der Waals surface area contributed by atoms with Crippen LogP contribution < -0.4 is 5.32 Å². The Balaban J connectivity index is 3.51. The smallest absolute Gasteiger partial charge is 0.222 e. The number of hydrogen-bond acceptors (Lipinski definition) is 2. The maximum absolute atomic E-state index is 10.7. The summed E-state index contributed by atoms with van der Waals surface area (Å²) in [4.78, 5) is 10.7. The van der Waals surface area contributed by atoms with E-state index in [1.807, 2.05) is 13.8 Å². The molecule has 0 aliphatic rings. The number of rotatable bonds is 4. The molecule has 2 N–H and O–H groups in total. The Hall–Kier alpha value is -0.570. The molecule has 0 aliphatic carbocycles. The van der Waals surface area contributed by atoms with Gasteiger partial charge in [-0.15, -0.1) is 0 Å². The molecule has 0 bridgehead atoms. The number of carbonyl (C=O) groups excluding carboxylic acids is 1. The van der Waals surface area contributed by atoms with Crippen molar-refractivity contribution in [1.82, 2.24) is 5.32 Å². The fourth-order valence-electron chi connectivity index (χ4n) is 0.944. The van der Waals surface area contributed by atoms with Crippen molar-refractivity contribution in [1.29, 1.82) is 0 Å². The molecule has 0 aliphatic heterocycles. The molecule has 0 fully saturated rings. The maximum atomic E-state index is 10.7. The van der Waals surface area contributed by atoms with E-state index >= 15 is 0 Å². The quantitative estimate of drug-likeness (QED) is 0.628. The normalized spacial score (nSPS) is 13.2. The van der Waals surface area contributed by atoms with Gasteiger partial charge in [0.2, 0.25) is 5.91 Å². The van der Waals surface area contributed by atoms with Crippen LogP contribution in [0.1, 0.15) is 26.7 Å². The molecule has 0 saturated heterocycles. The predicted octanol–water partition coefficient (Wildman–Crippen LogP) is 0.529. The SMILES string of the molecule is CNC(=O)CC(O)CC(C)C. The van der Waals surface area contributed by atoms with E-state index in [0.717, 1.165) is 0 Å². The van der Waals surface area contributed by atoms with Crippen LogP contribution in [-0.2, 0) is 4.79 Å². The highest BCUT2D eigenvalue weighted by Gasteiger charge is 2.10. The first-order chi connectivity index (χ1) is 5.06. The molecule has 1 amide bonds. The molecule has 66 valence electrons. The lowest BCUT2D eigenvalue weighted by Gasteiger charge is -2.11. The first kappa shape index (κ1) is 10.4. The minimum atomic E-state index is -0.491. The average Bonchev–Trinajstić information content (AvgIpc) is 1.85. The molecule has 0 aromatic heterocycles. The van der Waals surface area contributed by atoms with Gasteiger partial charge in [-0.1, -0.05) is 13.8 Å². The maximum Gasteiger partial charge on any atom is 0.222 e. The zero-order valence-electron chi connectivity index (χ0n) is 7.42. The van der Waals surface area contributed by atoms with Crippen LogP contribution in [0, 0.1) is 5.92 Å². The topological polar surface area (TPSA) is 49.3 Å². The Kier molecular flexibility index (Phi) is 4.86. The molecule has 0 aromatic carbocycles. The van der Waals surface area contributed by atoms with Gasteiger partial charge in [0.05, 0.1) is 12.5 Å². The van der Waals surface area contributed by atoms with Crippen LogP contribution in [0.4, 0.5) is 0 Å².